The zero-order valence-electron chi connectivity index (χ0n) is 20.3. The Labute approximate surface area is 212 Å². The minimum atomic E-state index is -0.613. The number of fused-ring (bicyclic) bond motifs is 5. The maximum absolute atomic E-state index is 13.7. The number of ether oxygens (including phenoxy) is 4. The van der Waals surface area contributed by atoms with Crippen LogP contribution >= 0.6 is 0 Å². The molecule has 8 nitrogen and oxygen atoms in total. The highest BCUT2D eigenvalue weighted by molar-refractivity contribution is 6.07. The number of rotatable bonds is 3. The molecule has 3 aliphatic rings. The number of hydrogen-bond acceptors (Lipinski definition) is 8. The first-order valence-corrected chi connectivity index (χ1v) is 11.9. The Morgan fingerprint density at radius 1 is 0.757 bits per heavy atom. The average molecular weight is 498 g/mol. The summed E-state index contributed by atoms with van der Waals surface area (Å²) in [5, 5.41) is 0. The molecular weight excluding hydrogens is 476 g/mol. The Bertz CT molecular complexity index is 1540. The number of carbonyl (C=O) groups excluding carboxylic acids is 4. The van der Waals surface area contributed by atoms with Crippen molar-refractivity contribution in [2.45, 2.75) is 45.1 Å². The molecule has 6 rings (SSSR count). The first kappa shape index (κ1) is 23.0. The molecule has 0 spiro atoms. The predicted octanol–water partition coefficient (Wildman–Crippen LogP) is 5.03. The van der Waals surface area contributed by atoms with Gasteiger partial charge in [-0.2, -0.15) is 0 Å². The maximum Gasteiger partial charge on any atom is 0.308 e. The van der Waals surface area contributed by atoms with Crippen LogP contribution in [0.25, 0.3) is 11.1 Å². The van der Waals surface area contributed by atoms with Crippen LogP contribution < -0.4 is 18.9 Å². The summed E-state index contributed by atoms with van der Waals surface area (Å²) in [5.41, 5.74) is 3.40. The minimum Gasteiger partial charge on any atom is -0.485 e. The van der Waals surface area contributed by atoms with Gasteiger partial charge in [-0.15, -0.1) is 0 Å². The second-order valence-electron chi connectivity index (χ2n) is 9.37. The van der Waals surface area contributed by atoms with Crippen molar-refractivity contribution in [1.29, 1.82) is 0 Å². The third-order valence-electron chi connectivity index (χ3n) is 7.02. The van der Waals surface area contributed by atoms with E-state index in [0.717, 1.165) is 11.1 Å². The van der Waals surface area contributed by atoms with E-state index in [1.807, 2.05) is 30.3 Å². The topological polar surface area (TPSA) is 105 Å². The second kappa shape index (κ2) is 8.30. The molecule has 0 saturated carbocycles. The van der Waals surface area contributed by atoms with Gasteiger partial charge in [0.2, 0.25) is 0 Å². The summed E-state index contributed by atoms with van der Waals surface area (Å²) in [4.78, 5) is 49.9. The van der Waals surface area contributed by atoms with Crippen molar-refractivity contribution in [2.24, 2.45) is 0 Å². The molecule has 0 aromatic heterocycles. The SMILES string of the molecule is CC(=O)Oc1cc(OC(C)=O)c2c3c1C(=O)C[C@@H]1c4ccccc4O[C@@H](c4cccc(OC(C)=O)c4-2)[C@H]31. The quantitative estimate of drug-likeness (QED) is 0.366. The van der Waals surface area contributed by atoms with E-state index in [1.54, 1.807) is 12.1 Å². The van der Waals surface area contributed by atoms with Crippen LogP contribution in [0.15, 0.2) is 48.5 Å². The molecule has 0 radical (unpaired) electrons. The van der Waals surface area contributed by atoms with Gasteiger partial charge in [0.15, 0.2) is 5.78 Å². The molecule has 1 heterocycles. The van der Waals surface area contributed by atoms with Gasteiger partial charge in [-0.3, -0.25) is 19.2 Å². The lowest BCUT2D eigenvalue weighted by Crippen LogP contribution is -2.37. The highest BCUT2D eigenvalue weighted by atomic mass is 16.5. The number of hydrogen-bond donors (Lipinski definition) is 0. The Hall–Kier alpha value is -4.46. The Balaban J connectivity index is 1.75. The van der Waals surface area contributed by atoms with Gasteiger partial charge in [0.05, 0.1) is 5.56 Å². The number of carbonyl (C=O) groups is 4. The molecule has 37 heavy (non-hydrogen) atoms. The molecule has 0 unspecified atom stereocenters. The standard InChI is InChI=1S/C29H22O8/c1-13(30)34-21-10-6-8-17-24(21)27-23(36-15(3)32)12-22(35-14(2)31)26-19(33)11-18-16-7-4-5-9-20(16)37-29(17)25(18)28(26)27/h4-10,12,18,25,29H,11H2,1-3H3/t18-,25+,29+/m1/s1. The third kappa shape index (κ3) is 3.51. The largest absolute Gasteiger partial charge is 0.485 e. The van der Waals surface area contributed by atoms with Gasteiger partial charge in [-0.05, 0) is 23.3 Å². The highest BCUT2D eigenvalue weighted by Crippen LogP contribution is 2.64. The van der Waals surface area contributed by atoms with E-state index in [2.05, 4.69) is 0 Å². The molecule has 0 saturated heterocycles. The summed E-state index contributed by atoms with van der Waals surface area (Å²) in [6.07, 6.45) is -0.337. The minimum absolute atomic E-state index is 0.0250. The van der Waals surface area contributed by atoms with Crippen LogP contribution in [0.3, 0.4) is 0 Å². The Morgan fingerprint density at radius 2 is 1.38 bits per heavy atom. The summed E-state index contributed by atoms with van der Waals surface area (Å²) in [6.45, 7) is 3.80. The van der Waals surface area contributed by atoms with E-state index in [4.69, 9.17) is 18.9 Å². The predicted molar refractivity (Wildman–Crippen MR) is 130 cm³/mol. The molecule has 1 aliphatic heterocycles. The van der Waals surface area contributed by atoms with Crippen molar-refractivity contribution in [1.82, 2.24) is 0 Å². The lowest BCUT2D eigenvalue weighted by atomic mass is 9.61. The molecule has 3 aromatic carbocycles. The smallest absolute Gasteiger partial charge is 0.308 e. The molecule has 8 heteroatoms. The van der Waals surface area contributed by atoms with Crippen LogP contribution in [-0.2, 0) is 14.4 Å². The summed E-state index contributed by atoms with van der Waals surface area (Å²) in [7, 11) is 0. The van der Waals surface area contributed by atoms with Crippen LogP contribution in [0.1, 0.15) is 72.2 Å². The van der Waals surface area contributed by atoms with Crippen molar-refractivity contribution in [3.8, 4) is 34.1 Å². The third-order valence-corrected chi connectivity index (χ3v) is 7.02. The molecule has 0 fully saturated rings. The number of esters is 3. The molecule has 0 amide bonds. The molecule has 186 valence electrons. The van der Waals surface area contributed by atoms with Gasteiger partial charge >= 0.3 is 17.9 Å². The fourth-order valence-electron chi connectivity index (χ4n) is 5.95. The highest BCUT2D eigenvalue weighted by Gasteiger charge is 2.52. The average Bonchev–Trinajstić information content (AvgIpc) is 2.82. The molecule has 3 atom stereocenters. The Kier molecular flexibility index (Phi) is 5.15. The van der Waals surface area contributed by atoms with Gasteiger partial charge in [0.1, 0.15) is 29.1 Å². The van der Waals surface area contributed by atoms with Gasteiger partial charge < -0.3 is 18.9 Å². The number of ketones is 1. The van der Waals surface area contributed by atoms with Crippen molar-refractivity contribution < 1.29 is 38.1 Å². The fraction of sp³-hybridized carbons (Fsp3) is 0.241. The van der Waals surface area contributed by atoms with E-state index in [-0.39, 0.29) is 46.9 Å². The van der Waals surface area contributed by atoms with Gasteiger partial charge in [-0.25, -0.2) is 0 Å². The number of benzene rings is 3. The summed E-state index contributed by atoms with van der Waals surface area (Å²) in [6, 6.07) is 14.3. The van der Waals surface area contributed by atoms with Crippen LogP contribution in [0, 0.1) is 0 Å². The second-order valence-corrected chi connectivity index (χ2v) is 9.37. The number of para-hydroxylation sites is 1. The summed E-state index contributed by atoms with van der Waals surface area (Å²) < 4.78 is 23.2. The van der Waals surface area contributed by atoms with Gasteiger partial charge in [0.25, 0.3) is 0 Å². The van der Waals surface area contributed by atoms with Crippen LogP contribution in [-0.4, -0.2) is 23.7 Å². The normalized spacial score (nSPS) is 20.0. The fourth-order valence-corrected chi connectivity index (χ4v) is 5.95. The molecule has 2 aliphatic carbocycles. The van der Waals surface area contributed by atoms with Crippen LogP contribution in [0.5, 0.6) is 23.0 Å². The summed E-state index contributed by atoms with van der Waals surface area (Å²) >= 11 is 0. The number of Topliss-reactive ketones (excluding diaryl/α,β-unsaturated/α-hetero) is 1. The zero-order valence-corrected chi connectivity index (χ0v) is 20.3. The molecule has 0 N–H and O–H groups in total. The van der Waals surface area contributed by atoms with E-state index >= 15 is 0 Å². The van der Waals surface area contributed by atoms with Crippen molar-refractivity contribution in [2.75, 3.05) is 0 Å². The van der Waals surface area contributed by atoms with Crippen LogP contribution in [0.4, 0.5) is 0 Å². The van der Waals surface area contributed by atoms with Crippen molar-refractivity contribution >= 4 is 23.7 Å². The van der Waals surface area contributed by atoms with E-state index in [1.165, 1.54) is 26.8 Å². The Morgan fingerprint density at radius 3 is 2.08 bits per heavy atom. The van der Waals surface area contributed by atoms with E-state index < -0.39 is 24.0 Å². The van der Waals surface area contributed by atoms with Crippen LogP contribution in [0.2, 0.25) is 0 Å². The lowest BCUT2D eigenvalue weighted by Gasteiger charge is -2.47. The van der Waals surface area contributed by atoms with Gasteiger partial charge in [-0.1, -0.05) is 30.3 Å². The van der Waals surface area contributed by atoms with Crippen molar-refractivity contribution in [3.05, 3.63) is 70.8 Å². The van der Waals surface area contributed by atoms with E-state index in [9.17, 15) is 19.2 Å². The van der Waals surface area contributed by atoms with Crippen molar-refractivity contribution in [3.63, 3.8) is 0 Å². The summed E-state index contributed by atoms with van der Waals surface area (Å²) in [5.74, 6) is -1.46. The first-order chi connectivity index (χ1) is 17.7. The molecule has 0 bridgehead atoms. The first-order valence-electron chi connectivity index (χ1n) is 11.9. The van der Waals surface area contributed by atoms with Gasteiger partial charge in [0, 0.05) is 61.8 Å². The molecular formula is C29H22O8. The lowest BCUT2D eigenvalue weighted by molar-refractivity contribution is -0.133. The monoisotopic (exact) mass is 498 g/mol. The molecule has 3 aromatic rings. The maximum atomic E-state index is 13.7. The van der Waals surface area contributed by atoms with E-state index in [0.29, 0.717) is 22.4 Å². The zero-order chi connectivity index (χ0) is 26.0.